The molecular formula is C32H43Cl2HfP. The van der Waals surface area contributed by atoms with Crippen LogP contribution in [0.5, 0.6) is 0 Å². The molecule has 2 atom stereocenters. The first-order chi connectivity index (χ1) is 16.6. The Morgan fingerprint density at radius 1 is 0.778 bits per heavy atom. The number of unbranched alkanes of at least 4 members (excludes halogenated alkanes) is 6. The van der Waals surface area contributed by atoms with Crippen molar-refractivity contribution in [2.45, 2.75) is 86.4 Å². The van der Waals surface area contributed by atoms with Crippen LogP contribution in [0.3, 0.4) is 0 Å². The van der Waals surface area contributed by atoms with E-state index in [-0.39, 0.29) is 32.7 Å². The summed E-state index contributed by atoms with van der Waals surface area (Å²) in [4.78, 5) is 0. The summed E-state index contributed by atoms with van der Waals surface area (Å²) in [6.45, 7) is 9.31. The van der Waals surface area contributed by atoms with Gasteiger partial charge >= 0.3 is 223 Å². The average molecular weight is 708 g/mol. The van der Waals surface area contributed by atoms with E-state index in [0.717, 1.165) is 7.35 Å². The van der Waals surface area contributed by atoms with Crippen molar-refractivity contribution in [1.29, 1.82) is 0 Å². The molecule has 0 heterocycles. The summed E-state index contributed by atoms with van der Waals surface area (Å²) in [7, 11) is 0.00357. The van der Waals surface area contributed by atoms with Gasteiger partial charge in [0.15, 0.2) is 0 Å². The summed E-state index contributed by atoms with van der Waals surface area (Å²) in [5.41, 5.74) is 9.43. The van der Waals surface area contributed by atoms with Gasteiger partial charge in [0.25, 0.3) is 0 Å². The second-order valence-electron chi connectivity index (χ2n) is 10.3. The molecule has 194 valence electrons. The SMILES string of the molecule is CCCCCCP(CCCCCC)C1=Cc2ccccc2[CH]1[Hf+2][CH]1C=Cc2c(C)ccc(C)c21.[Cl-].[Cl-]. The molecule has 0 aromatic heterocycles. The molecule has 0 saturated carbocycles. The van der Waals surface area contributed by atoms with Crippen molar-refractivity contribution in [1.82, 2.24) is 0 Å². The van der Waals surface area contributed by atoms with Crippen LogP contribution in [0.15, 0.2) is 47.8 Å². The third kappa shape index (κ3) is 7.68. The van der Waals surface area contributed by atoms with E-state index in [1.807, 2.05) is 5.31 Å². The molecule has 0 spiro atoms. The molecule has 2 aromatic carbocycles. The van der Waals surface area contributed by atoms with Crippen molar-refractivity contribution in [3.05, 3.63) is 81.2 Å². The van der Waals surface area contributed by atoms with Gasteiger partial charge in [0.2, 0.25) is 0 Å². The predicted octanol–water partition coefficient (Wildman–Crippen LogP) is 4.20. The van der Waals surface area contributed by atoms with Gasteiger partial charge in [-0.05, 0) is 0 Å². The Kier molecular flexibility index (Phi) is 14.3. The van der Waals surface area contributed by atoms with Gasteiger partial charge in [-0.25, -0.2) is 0 Å². The Labute approximate surface area is 246 Å². The first kappa shape index (κ1) is 32.0. The van der Waals surface area contributed by atoms with Crippen LogP contribution < -0.4 is 24.8 Å². The molecule has 0 amide bonds. The van der Waals surface area contributed by atoms with Gasteiger partial charge in [-0.1, -0.05) is 0 Å². The van der Waals surface area contributed by atoms with E-state index >= 15 is 0 Å². The Balaban J connectivity index is 0.00000228. The summed E-state index contributed by atoms with van der Waals surface area (Å²) in [6, 6.07) is 14.1. The average Bonchev–Trinajstić information content (AvgIpc) is 3.44. The van der Waals surface area contributed by atoms with Crippen molar-refractivity contribution in [2.75, 3.05) is 12.3 Å². The second kappa shape index (κ2) is 16.0. The molecule has 0 radical (unpaired) electrons. The molecule has 0 saturated heterocycles. The normalized spacial score (nSPS) is 17.2. The predicted molar refractivity (Wildman–Crippen MR) is 150 cm³/mol. The minimum Gasteiger partial charge on any atom is -1.00 e. The van der Waals surface area contributed by atoms with Gasteiger partial charge in [0.1, 0.15) is 0 Å². The summed E-state index contributed by atoms with van der Waals surface area (Å²) in [5, 5.41) is 1.90. The minimum absolute atomic E-state index is 0. The Morgan fingerprint density at radius 3 is 2.08 bits per heavy atom. The maximum Gasteiger partial charge on any atom is -1.00 e. The van der Waals surface area contributed by atoms with Crippen LogP contribution in [-0.2, 0) is 22.9 Å². The number of fused-ring (bicyclic) bond motifs is 2. The molecule has 36 heavy (non-hydrogen) atoms. The van der Waals surface area contributed by atoms with E-state index in [2.05, 4.69) is 82.3 Å². The number of benzene rings is 2. The van der Waals surface area contributed by atoms with Crippen LogP contribution in [-0.4, -0.2) is 12.3 Å². The van der Waals surface area contributed by atoms with Gasteiger partial charge in [0.05, 0.1) is 0 Å². The molecule has 0 bridgehead atoms. The molecule has 0 nitrogen and oxygen atoms in total. The van der Waals surface area contributed by atoms with E-state index in [1.54, 1.807) is 16.7 Å². The van der Waals surface area contributed by atoms with Gasteiger partial charge in [-0.2, -0.15) is 0 Å². The Bertz CT molecular complexity index is 1020. The molecule has 2 unspecified atom stereocenters. The molecular weight excluding hydrogens is 665 g/mol. The quantitative estimate of drug-likeness (QED) is 0.167. The van der Waals surface area contributed by atoms with Crippen LogP contribution in [0, 0.1) is 13.8 Å². The van der Waals surface area contributed by atoms with Gasteiger partial charge in [-0.3, -0.25) is 0 Å². The molecule has 2 aromatic rings. The fraction of sp³-hybridized carbons (Fsp3) is 0.500. The monoisotopic (exact) mass is 708 g/mol. The fourth-order valence-electron chi connectivity index (χ4n) is 5.68. The number of aryl methyl sites for hydroxylation is 2. The van der Waals surface area contributed by atoms with Crippen LogP contribution in [0.4, 0.5) is 0 Å². The molecule has 0 N–H and O–H groups in total. The number of allylic oxidation sites excluding steroid dienone is 2. The zero-order chi connectivity index (χ0) is 23.9. The number of halogens is 2. The van der Waals surface area contributed by atoms with Crippen molar-refractivity contribution >= 4 is 20.1 Å². The summed E-state index contributed by atoms with van der Waals surface area (Å²) in [5.74, 6) is 0. The van der Waals surface area contributed by atoms with Crippen molar-refractivity contribution < 1.29 is 47.7 Å². The Hall–Kier alpha value is -0.200. The zero-order valence-electron chi connectivity index (χ0n) is 22.6. The van der Waals surface area contributed by atoms with E-state index in [1.165, 1.54) is 80.4 Å². The summed E-state index contributed by atoms with van der Waals surface area (Å²) >= 11 is -1.03. The van der Waals surface area contributed by atoms with Crippen molar-refractivity contribution in [3.8, 4) is 0 Å². The first-order valence-corrected chi connectivity index (χ1v) is 19.6. The van der Waals surface area contributed by atoms with Gasteiger partial charge in [-0.15, -0.1) is 0 Å². The minimum atomic E-state index is -1.03. The topological polar surface area (TPSA) is 0 Å². The smallest absolute Gasteiger partial charge is 1.00 e. The van der Waals surface area contributed by atoms with Crippen molar-refractivity contribution in [3.63, 3.8) is 0 Å². The van der Waals surface area contributed by atoms with E-state index in [4.69, 9.17) is 0 Å². The van der Waals surface area contributed by atoms with Gasteiger partial charge in [0, 0.05) is 0 Å². The molecule has 0 fully saturated rings. The fourth-order valence-corrected chi connectivity index (χ4v) is 17.5. The standard InChI is InChI=1S/C21H32P.C11H11.2ClH.Hf/c1-3-5-7-11-15-22(16-12-8-6-4-2)21-17-19-13-9-10-14-20(19)18-21;1-8-6-7-9(2)11-5-3-4-10(8)11;;;/h9-10,13-14,17-18H,3-8,11-12,15-16H2,1-2H3;3-7H,1-2H3;2*1H;/q;;;;+2/p-2. The molecule has 0 aliphatic heterocycles. The maximum atomic E-state index is 2.68. The molecule has 4 heteroatoms. The van der Waals surface area contributed by atoms with Crippen LogP contribution >= 0.6 is 7.92 Å². The third-order valence-electron chi connectivity index (χ3n) is 7.67. The summed E-state index contributed by atoms with van der Waals surface area (Å²) in [6.07, 6.45) is 21.9. The molecule has 2 aliphatic carbocycles. The first-order valence-electron chi connectivity index (χ1n) is 13.7. The largest absolute Gasteiger partial charge is 1.00 e. The zero-order valence-corrected chi connectivity index (χ0v) is 28.6. The van der Waals surface area contributed by atoms with E-state index in [9.17, 15) is 0 Å². The van der Waals surface area contributed by atoms with E-state index in [0.29, 0.717) is 0 Å². The number of hydrogen-bond acceptors (Lipinski definition) is 0. The maximum absolute atomic E-state index is 2.68. The van der Waals surface area contributed by atoms with E-state index < -0.39 is 22.9 Å². The number of rotatable bonds is 13. The van der Waals surface area contributed by atoms with Crippen LogP contribution in [0.25, 0.3) is 12.2 Å². The number of hydrogen-bond donors (Lipinski definition) is 0. The third-order valence-corrected chi connectivity index (χ3v) is 17.8. The van der Waals surface area contributed by atoms with Gasteiger partial charge < -0.3 is 24.8 Å². The summed E-state index contributed by atoms with van der Waals surface area (Å²) < 4.78 is 1.53. The van der Waals surface area contributed by atoms with Crippen molar-refractivity contribution in [2.24, 2.45) is 0 Å². The Morgan fingerprint density at radius 2 is 1.42 bits per heavy atom. The molecule has 4 rings (SSSR count). The molecule has 2 aliphatic rings. The van der Waals surface area contributed by atoms with Crippen LogP contribution in [0.1, 0.15) is 106 Å². The van der Waals surface area contributed by atoms with Crippen LogP contribution in [0.2, 0.25) is 0 Å². The second-order valence-corrected chi connectivity index (χ2v) is 18.3.